The number of hydrogen-bond acceptors (Lipinski definition) is 3. The molecular formula is C13H21NO3S. The molecule has 0 unspecified atom stereocenters. The summed E-state index contributed by atoms with van der Waals surface area (Å²) in [6.07, 6.45) is 0. The zero-order valence-electron chi connectivity index (χ0n) is 11.0. The first-order valence-electron chi connectivity index (χ1n) is 6.01. The van der Waals surface area contributed by atoms with Crippen LogP contribution in [0.4, 0.5) is 0 Å². The second-order valence-corrected chi connectivity index (χ2v) is 6.50. The number of primary sulfonamides is 1. The van der Waals surface area contributed by atoms with E-state index in [4.69, 9.17) is 5.14 Å². The Kier molecular flexibility index (Phi) is 4.90. The van der Waals surface area contributed by atoms with Crippen LogP contribution >= 0.6 is 0 Å². The van der Waals surface area contributed by atoms with Crippen LogP contribution < -0.4 is 5.14 Å². The van der Waals surface area contributed by atoms with Crippen molar-refractivity contribution in [2.24, 2.45) is 17.0 Å². The van der Waals surface area contributed by atoms with Gasteiger partial charge in [-0.3, -0.25) is 0 Å². The second-order valence-electron chi connectivity index (χ2n) is 4.98. The van der Waals surface area contributed by atoms with Crippen LogP contribution in [0.2, 0.25) is 0 Å². The largest absolute Gasteiger partial charge is 0.396 e. The summed E-state index contributed by atoms with van der Waals surface area (Å²) in [5.74, 6) is 0.285. The molecule has 102 valence electrons. The SMILES string of the molecule is CC(C)[C@H](C)[C@H](CO)c1ccccc1S(N)(=O)=O. The molecule has 0 aliphatic rings. The number of aliphatic hydroxyl groups excluding tert-OH is 1. The highest BCUT2D eigenvalue weighted by molar-refractivity contribution is 7.89. The fourth-order valence-electron chi connectivity index (χ4n) is 2.06. The van der Waals surface area contributed by atoms with E-state index >= 15 is 0 Å². The summed E-state index contributed by atoms with van der Waals surface area (Å²) in [5.41, 5.74) is 0.601. The molecule has 4 nitrogen and oxygen atoms in total. The zero-order valence-corrected chi connectivity index (χ0v) is 11.8. The van der Waals surface area contributed by atoms with Gasteiger partial charge in [0.25, 0.3) is 0 Å². The van der Waals surface area contributed by atoms with Crippen molar-refractivity contribution in [1.29, 1.82) is 0 Å². The molecule has 1 aromatic rings. The molecule has 2 atom stereocenters. The predicted molar refractivity (Wildman–Crippen MR) is 71.6 cm³/mol. The van der Waals surface area contributed by atoms with Gasteiger partial charge in [0, 0.05) is 5.92 Å². The Morgan fingerprint density at radius 3 is 2.22 bits per heavy atom. The molecule has 0 bridgehead atoms. The van der Waals surface area contributed by atoms with Gasteiger partial charge in [-0.1, -0.05) is 39.0 Å². The third-order valence-corrected chi connectivity index (χ3v) is 4.49. The van der Waals surface area contributed by atoms with Crippen LogP contribution in [0.1, 0.15) is 32.3 Å². The summed E-state index contributed by atoms with van der Waals surface area (Å²) in [7, 11) is -3.76. The molecule has 0 heterocycles. The van der Waals surface area contributed by atoms with Gasteiger partial charge in [-0.2, -0.15) is 0 Å². The van der Waals surface area contributed by atoms with E-state index in [0.29, 0.717) is 11.5 Å². The molecule has 0 fully saturated rings. The third-order valence-electron chi connectivity index (χ3n) is 3.51. The lowest BCUT2D eigenvalue weighted by atomic mass is 9.81. The average Bonchev–Trinajstić information content (AvgIpc) is 2.29. The van der Waals surface area contributed by atoms with Gasteiger partial charge in [0.2, 0.25) is 10.0 Å². The van der Waals surface area contributed by atoms with Crippen molar-refractivity contribution >= 4 is 10.0 Å². The van der Waals surface area contributed by atoms with E-state index in [2.05, 4.69) is 0 Å². The van der Waals surface area contributed by atoms with Crippen molar-refractivity contribution < 1.29 is 13.5 Å². The number of sulfonamides is 1. The van der Waals surface area contributed by atoms with Crippen LogP contribution in [-0.2, 0) is 10.0 Å². The highest BCUT2D eigenvalue weighted by Gasteiger charge is 2.26. The number of rotatable bonds is 5. The van der Waals surface area contributed by atoms with Crippen molar-refractivity contribution in [2.45, 2.75) is 31.6 Å². The van der Waals surface area contributed by atoms with Crippen LogP contribution in [0.5, 0.6) is 0 Å². The molecule has 18 heavy (non-hydrogen) atoms. The third kappa shape index (κ3) is 3.31. The highest BCUT2D eigenvalue weighted by Crippen LogP contribution is 2.32. The van der Waals surface area contributed by atoms with Gasteiger partial charge < -0.3 is 5.11 Å². The Bertz CT molecular complexity index is 497. The van der Waals surface area contributed by atoms with Crippen molar-refractivity contribution in [1.82, 2.24) is 0 Å². The maximum Gasteiger partial charge on any atom is 0.238 e. The van der Waals surface area contributed by atoms with Gasteiger partial charge in [-0.05, 0) is 23.5 Å². The minimum Gasteiger partial charge on any atom is -0.396 e. The molecular weight excluding hydrogens is 250 g/mol. The summed E-state index contributed by atoms with van der Waals surface area (Å²) < 4.78 is 23.1. The van der Waals surface area contributed by atoms with Crippen LogP contribution in [-0.4, -0.2) is 20.1 Å². The van der Waals surface area contributed by atoms with E-state index in [1.165, 1.54) is 6.07 Å². The maximum absolute atomic E-state index is 11.6. The van der Waals surface area contributed by atoms with Crippen LogP contribution in [0.15, 0.2) is 29.2 Å². The van der Waals surface area contributed by atoms with Gasteiger partial charge in [-0.15, -0.1) is 0 Å². The van der Waals surface area contributed by atoms with Crippen molar-refractivity contribution in [3.63, 3.8) is 0 Å². The summed E-state index contributed by atoms with van der Waals surface area (Å²) in [5, 5.41) is 14.8. The smallest absolute Gasteiger partial charge is 0.238 e. The lowest BCUT2D eigenvalue weighted by Crippen LogP contribution is -2.23. The zero-order chi connectivity index (χ0) is 13.9. The highest BCUT2D eigenvalue weighted by atomic mass is 32.2. The fourth-order valence-corrected chi connectivity index (χ4v) is 2.87. The number of aliphatic hydroxyl groups is 1. The van der Waals surface area contributed by atoms with Crippen molar-refractivity contribution in [3.05, 3.63) is 29.8 Å². The molecule has 0 aromatic heterocycles. The Balaban J connectivity index is 3.31. The molecule has 0 saturated heterocycles. The van der Waals surface area contributed by atoms with Crippen LogP contribution in [0, 0.1) is 11.8 Å². The first-order chi connectivity index (χ1) is 8.29. The predicted octanol–water partition coefficient (Wildman–Crippen LogP) is 1.70. The first kappa shape index (κ1) is 15.1. The Hall–Kier alpha value is -0.910. The van der Waals surface area contributed by atoms with Crippen molar-refractivity contribution in [3.8, 4) is 0 Å². The summed E-state index contributed by atoms with van der Waals surface area (Å²) in [4.78, 5) is 0.108. The molecule has 0 aliphatic heterocycles. The molecule has 1 aromatic carbocycles. The van der Waals surface area contributed by atoms with Crippen molar-refractivity contribution in [2.75, 3.05) is 6.61 Å². The second kappa shape index (κ2) is 5.82. The lowest BCUT2D eigenvalue weighted by molar-refractivity contribution is 0.205. The molecule has 0 amide bonds. The molecule has 0 spiro atoms. The lowest BCUT2D eigenvalue weighted by Gasteiger charge is -2.27. The van der Waals surface area contributed by atoms with Gasteiger partial charge in [0.15, 0.2) is 0 Å². The fraction of sp³-hybridized carbons (Fsp3) is 0.538. The molecule has 3 N–H and O–H groups in total. The maximum atomic E-state index is 11.6. The molecule has 5 heteroatoms. The van der Waals surface area contributed by atoms with Gasteiger partial charge in [-0.25, -0.2) is 13.6 Å². The average molecular weight is 271 g/mol. The molecule has 0 radical (unpaired) electrons. The Morgan fingerprint density at radius 2 is 1.78 bits per heavy atom. The minimum atomic E-state index is -3.76. The molecule has 0 saturated carbocycles. The topological polar surface area (TPSA) is 80.4 Å². The first-order valence-corrected chi connectivity index (χ1v) is 7.56. The quantitative estimate of drug-likeness (QED) is 0.855. The van der Waals surface area contributed by atoms with E-state index in [0.717, 1.165) is 0 Å². The normalized spacial score (nSPS) is 15.7. The Morgan fingerprint density at radius 1 is 1.22 bits per heavy atom. The summed E-state index contributed by atoms with van der Waals surface area (Å²) in [6.45, 7) is 6.01. The van der Waals surface area contributed by atoms with Gasteiger partial charge in [0.05, 0.1) is 11.5 Å². The summed E-state index contributed by atoms with van der Waals surface area (Å²) >= 11 is 0. The standard InChI is InChI=1S/C13H21NO3S/c1-9(2)10(3)12(8-15)11-6-4-5-7-13(11)18(14,16)17/h4-7,9-10,12,15H,8H2,1-3H3,(H2,14,16,17)/t10-,12-/m0/s1. The Labute approximate surface area is 109 Å². The van der Waals surface area contributed by atoms with E-state index in [-0.39, 0.29) is 23.3 Å². The summed E-state index contributed by atoms with van der Waals surface area (Å²) in [6, 6.07) is 6.61. The number of nitrogens with two attached hydrogens (primary N) is 1. The van der Waals surface area contributed by atoms with E-state index in [1.54, 1.807) is 18.2 Å². The van der Waals surface area contributed by atoms with Crippen LogP contribution in [0.25, 0.3) is 0 Å². The minimum absolute atomic E-state index is 0.0914. The monoisotopic (exact) mass is 271 g/mol. The number of benzene rings is 1. The van der Waals surface area contributed by atoms with Gasteiger partial charge >= 0.3 is 0 Å². The molecule has 0 aliphatic carbocycles. The number of hydrogen-bond donors (Lipinski definition) is 2. The van der Waals surface area contributed by atoms with E-state index in [1.807, 2.05) is 20.8 Å². The van der Waals surface area contributed by atoms with E-state index in [9.17, 15) is 13.5 Å². The van der Waals surface area contributed by atoms with E-state index < -0.39 is 10.0 Å². The van der Waals surface area contributed by atoms with Gasteiger partial charge in [0.1, 0.15) is 0 Å². The molecule has 1 rings (SSSR count). The van der Waals surface area contributed by atoms with Crippen LogP contribution in [0.3, 0.4) is 0 Å².